The molecule has 0 saturated heterocycles. The highest BCUT2D eigenvalue weighted by Crippen LogP contribution is 2.35. The first-order valence-electron chi connectivity index (χ1n) is 6.65. The zero-order valence-electron chi connectivity index (χ0n) is 11.6. The molecule has 0 heterocycles. The minimum atomic E-state index is -0.328. The maximum atomic E-state index is 11.2. The van der Waals surface area contributed by atoms with E-state index in [1.807, 2.05) is 6.92 Å². The molecule has 6 nitrogen and oxygen atoms in total. The normalized spacial score (nSPS) is 14.5. The first-order valence-corrected chi connectivity index (χ1v) is 6.65. The number of esters is 1. The highest BCUT2D eigenvalue weighted by atomic mass is 16.6. The van der Waals surface area contributed by atoms with Crippen molar-refractivity contribution >= 4 is 17.3 Å². The monoisotopic (exact) mass is 278 g/mol. The van der Waals surface area contributed by atoms with Crippen LogP contribution in [0, 0.1) is 10.1 Å². The minimum Gasteiger partial charge on any atom is -0.469 e. The standard InChI is InChI=1S/C14H18N2O4/c1-9(8-14(17)20-2)15-12-6-7-13(16(18)19)11-5-3-4-10(11)12/h6-7,9,15H,3-5,8H2,1-2H3/t9-/m0/s1. The Morgan fingerprint density at radius 1 is 1.45 bits per heavy atom. The molecule has 0 saturated carbocycles. The number of benzene rings is 1. The lowest BCUT2D eigenvalue weighted by atomic mass is 10.1. The molecule has 108 valence electrons. The molecule has 0 radical (unpaired) electrons. The third-order valence-corrected chi connectivity index (χ3v) is 3.56. The Hall–Kier alpha value is -2.11. The molecule has 1 atom stereocenters. The van der Waals surface area contributed by atoms with Gasteiger partial charge in [-0.3, -0.25) is 14.9 Å². The van der Waals surface area contributed by atoms with E-state index < -0.39 is 0 Å². The fourth-order valence-corrected chi connectivity index (χ4v) is 2.64. The van der Waals surface area contributed by atoms with E-state index in [9.17, 15) is 14.9 Å². The Morgan fingerprint density at radius 3 is 2.80 bits per heavy atom. The smallest absolute Gasteiger partial charge is 0.307 e. The van der Waals surface area contributed by atoms with Crippen molar-refractivity contribution in [1.82, 2.24) is 0 Å². The number of hydrogen-bond donors (Lipinski definition) is 1. The molecular formula is C14H18N2O4. The van der Waals surface area contributed by atoms with Crippen molar-refractivity contribution in [2.75, 3.05) is 12.4 Å². The quantitative estimate of drug-likeness (QED) is 0.508. The number of ether oxygens (including phenoxy) is 1. The van der Waals surface area contributed by atoms with E-state index >= 15 is 0 Å². The molecule has 1 N–H and O–H groups in total. The fraction of sp³-hybridized carbons (Fsp3) is 0.500. The molecule has 2 rings (SSSR count). The minimum absolute atomic E-state index is 0.0754. The summed E-state index contributed by atoms with van der Waals surface area (Å²) in [6.07, 6.45) is 2.78. The molecule has 1 aliphatic rings. The van der Waals surface area contributed by atoms with Crippen LogP contribution in [0.2, 0.25) is 0 Å². The SMILES string of the molecule is COC(=O)C[C@H](C)Nc1ccc([N+](=O)[O-])c2c1CCC2. The van der Waals surface area contributed by atoms with Crippen molar-refractivity contribution in [2.24, 2.45) is 0 Å². The Labute approximate surface area is 117 Å². The lowest BCUT2D eigenvalue weighted by Gasteiger charge is -2.17. The predicted molar refractivity (Wildman–Crippen MR) is 74.8 cm³/mol. The summed E-state index contributed by atoms with van der Waals surface area (Å²) >= 11 is 0. The first kappa shape index (κ1) is 14.3. The van der Waals surface area contributed by atoms with Crippen LogP contribution in [0.25, 0.3) is 0 Å². The predicted octanol–water partition coefficient (Wildman–Crippen LogP) is 2.45. The van der Waals surface area contributed by atoms with Gasteiger partial charge in [-0.2, -0.15) is 0 Å². The zero-order valence-corrected chi connectivity index (χ0v) is 11.6. The van der Waals surface area contributed by atoms with E-state index in [0.717, 1.165) is 36.1 Å². The summed E-state index contributed by atoms with van der Waals surface area (Å²) in [6, 6.07) is 3.20. The van der Waals surface area contributed by atoms with Gasteiger partial charge in [0.05, 0.1) is 18.5 Å². The molecule has 0 aliphatic heterocycles. The van der Waals surface area contributed by atoms with Crippen molar-refractivity contribution in [3.05, 3.63) is 33.4 Å². The number of methoxy groups -OCH3 is 1. The molecule has 0 amide bonds. The number of hydrogen-bond acceptors (Lipinski definition) is 5. The third kappa shape index (κ3) is 2.89. The molecule has 0 fully saturated rings. The van der Waals surface area contributed by atoms with E-state index in [0.29, 0.717) is 0 Å². The van der Waals surface area contributed by atoms with Crippen LogP contribution < -0.4 is 5.32 Å². The van der Waals surface area contributed by atoms with E-state index in [4.69, 9.17) is 0 Å². The van der Waals surface area contributed by atoms with Gasteiger partial charge in [-0.05, 0) is 37.8 Å². The average molecular weight is 278 g/mol. The van der Waals surface area contributed by atoms with Crippen molar-refractivity contribution in [3.8, 4) is 0 Å². The maximum Gasteiger partial charge on any atom is 0.307 e. The summed E-state index contributed by atoms with van der Waals surface area (Å²) in [5, 5.41) is 14.3. The van der Waals surface area contributed by atoms with Gasteiger partial charge >= 0.3 is 5.97 Å². The Balaban J connectivity index is 2.20. The summed E-state index contributed by atoms with van der Waals surface area (Å²) in [4.78, 5) is 21.9. The summed E-state index contributed by atoms with van der Waals surface area (Å²) in [5.74, 6) is -0.274. The number of carbonyl (C=O) groups is 1. The molecule has 1 aromatic carbocycles. The van der Waals surface area contributed by atoms with Gasteiger partial charge in [-0.25, -0.2) is 0 Å². The molecule has 0 unspecified atom stereocenters. The Morgan fingerprint density at radius 2 is 2.15 bits per heavy atom. The molecule has 0 bridgehead atoms. The molecule has 1 aliphatic carbocycles. The first-order chi connectivity index (χ1) is 9.52. The van der Waals surface area contributed by atoms with Crippen LogP contribution >= 0.6 is 0 Å². The topological polar surface area (TPSA) is 81.5 Å². The average Bonchev–Trinajstić information content (AvgIpc) is 2.87. The second-order valence-corrected chi connectivity index (χ2v) is 5.03. The third-order valence-electron chi connectivity index (χ3n) is 3.56. The van der Waals surface area contributed by atoms with Gasteiger partial charge in [0.1, 0.15) is 0 Å². The van der Waals surface area contributed by atoms with Gasteiger partial charge < -0.3 is 10.1 Å². The lowest BCUT2D eigenvalue weighted by molar-refractivity contribution is -0.385. The maximum absolute atomic E-state index is 11.2. The number of fused-ring (bicyclic) bond motifs is 1. The number of nitrogens with one attached hydrogen (secondary N) is 1. The molecular weight excluding hydrogens is 260 g/mol. The largest absolute Gasteiger partial charge is 0.469 e. The van der Waals surface area contributed by atoms with Crippen LogP contribution in [-0.4, -0.2) is 24.0 Å². The van der Waals surface area contributed by atoms with Gasteiger partial charge in [0.25, 0.3) is 5.69 Å². The summed E-state index contributed by atoms with van der Waals surface area (Å²) in [6.45, 7) is 1.89. The highest BCUT2D eigenvalue weighted by Gasteiger charge is 2.25. The summed E-state index contributed by atoms with van der Waals surface area (Å²) in [5.41, 5.74) is 2.92. The molecule has 20 heavy (non-hydrogen) atoms. The molecule has 0 spiro atoms. The van der Waals surface area contributed by atoms with E-state index in [-0.39, 0.29) is 29.0 Å². The van der Waals surface area contributed by atoms with E-state index in [2.05, 4.69) is 10.1 Å². The number of nitro benzene ring substituents is 1. The van der Waals surface area contributed by atoms with Crippen LogP contribution in [0.15, 0.2) is 12.1 Å². The second-order valence-electron chi connectivity index (χ2n) is 5.03. The lowest BCUT2D eigenvalue weighted by Crippen LogP contribution is -2.21. The van der Waals surface area contributed by atoms with Crippen LogP contribution in [0.5, 0.6) is 0 Å². The number of rotatable bonds is 5. The van der Waals surface area contributed by atoms with Crippen molar-refractivity contribution < 1.29 is 14.5 Å². The Kier molecular flexibility index (Phi) is 4.22. The van der Waals surface area contributed by atoms with Crippen LogP contribution in [-0.2, 0) is 22.4 Å². The highest BCUT2D eigenvalue weighted by molar-refractivity contribution is 5.71. The van der Waals surface area contributed by atoms with Crippen LogP contribution in [0.1, 0.15) is 30.9 Å². The Bertz CT molecular complexity index is 542. The van der Waals surface area contributed by atoms with Gasteiger partial charge in [0, 0.05) is 23.4 Å². The van der Waals surface area contributed by atoms with E-state index in [1.54, 1.807) is 6.07 Å². The second kappa shape index (κ2) is 5.90. The van der Waals surface area contributed by atoms with Gasteiger partial charge in [0.15, 0.2) is 0 Å². The van der Waals surface area contributed by atoms with Crippen molar-refractivity contribution in [2.45, 2.75) is 38.6 Å². The number of nitro groups is 1. The molecule has 0 aromatic heterocycles. The summed E-state index contributed by atoms with van der Waals surface area (Å²) < 4.78 is 4.63. The molecule has 1 aromatic rings. The van der Waals surface area contributed by atoms with E-state index in [1.165, 1.54) is 13.2 Å². The van der Waals surface area contributed by atoms with Crippen molar-refractivity contribution in [1.29, 1.82) is 0 Å². The van der Waals surface area contributed by atoms with Gasteiger partial charge in [0.2, 0.25) is 0 Å². The van der Waals surface area contributed by atoms with Crippen molar-refractivity contribution in [3.63, 3.8) is 0 Å². The number of nitrogens with zero attached hydrogens (tertiary/aromatic N) is 1. The fourth-order valence-electron chi connectivity index (χ4n) is 2.64. The van der Waals surface area contributed by atoms with Gasteiger partial charge in [-0.15, -0.1) is 0 Å². The van der Waals surface area contributed by atoms with Crippen LogP contribution in [0.3, 0.4) is 0 Å². The number of carbonyl (C=O) groups excluding carboxylic acids is 1. The zero-order chi connectivity index (χ0) is 14.7. The van der Waals surface area contributed by atoms with Gasteiger partial charge in [-0.1, -0.05) is 0 Å². The number of anilines is 1. The summed E-state index contributed by atoms with van der Waals surface area (Å²) in [7, 11) is 1.36. The molecule has 6 heteroatoms. The van der Waals surface area contributed by atoms with Crippen LogP contribution in [0.4, 0.5) is 11.4 Å².